The lowest BCUT2D eigenvalue weighted by atomic mass is 9.86. The van der Waals surface area contributed by atoms with Gasteiger partial charge in [0.25, 0.3) is 0 Å². The SMILES string of the molecule is CCCCNC(=O)C(c1cccc(C)c1O)N(C(=O)C(NC(=O)OC(C)(C)C)C(C)CC)C1CCC1. The summed E-state index contributed by atoms with van der Waals surface area (Å²) in [5.41, 5.74) is 0.310. The number of phenolic OH excluding ortho intramolecular Hbond substituents is 1. The van der Waals surface area contributed by atoms with E-state index in [4.69, 9.17) is 4.74 Å². The number of para-hydroxylation sites is 1. The van der Waals surface area contributed by atoms with Gasteiger partial charge in [0.15, 0.2) is 0 Å². The van der Waals surface area contributed by atoms with E-state index in [0.29, 0.717) is 24.1 Å². The first-order valence-corrected chi connectivity index (χ1v) is 13.3. The first-order valence-electron chi connectivity index (χ1n) is 13.3. The van der Waals surface area contributed by atoms with Gasteiger partial charge in [-0.15, -0.1) is 0 Å². The summed E-state index contributed by atoms with van der Waals surface area (Å²) in [6.45, 7) is 13.5. The lowest BCUT2D eigenvalue weighted by molar-refractivity contribution is -0.148. The molecule has 0 aliphatic heterocycles. The molecule has 1 saturated carbocycles. The van der Waals surface area contributed by atoms with Crippen molar-refractivity contribution < 1.29 is 24.2 Å². The van der Waals surface area contributed by atoms with Gasteiger partial charge in [-0.3, -0.25) is 9.59 Å². The summed E-state index contributed by atoms with van der Waals surface area (Å²) in [4.78, 5) is 42.1. The number of benzene rings is 1. The molecule has 1 aliphatic carbocycles. The van der Waals surface area contributed by atoms with Crippen molar-refractivity contribution >= 4 is 17.9 Å². The second kappa shape index (κ2) is 13.0. The molecule has 0 bridgehead atoms. The number of alkyl carbamates (subject to hydrolysis) is 1. The van der Waals surface area contributed by atoms with E-state index in [0.717, 1.165) is 32.1 Å². The van der Waals surface area contributed by atoms with Gasteiger partial charge in [-0.25, -0.2) is 4.79 Å². The number of nitrogens with zero attached hydrogens (tertiary/aromatic N) is 1. The molecule has 8 nitrogen and oxygen atoms in total. The first kappa shape index (κ1) is 29.5. The van der Waals surface area contributed by atoms with Crippen molar-refractivity contribution in [2.24, 2.45) is 5.92 Å². The number of nitrogens with one attached hydrogen (secondary N) is 2. The number of rotatable bonds is 11. The number of ether oxygens (including phenoxy) is 1. The Hall–Kier alpha value is -2.77. The Bertz CT molecular complexity index is 907. The molecule has 0 radical (unpaired) electrons. The minimum Gasteiger partial charge on any atom is -0.507 e. The zero-order valence-electron chi connectivity index (χ0n) is 23.0. The molecule has 1 aromatic carbocycles. The Labute approximate surface area is 216 Å². The fourth-order valence-corrected chi connectivity index (χ4v) is 4.27. The Morgan fingerprint density at radius 2 is 1.86 bits per heavy atom. The minimum atomic E-state index is -1.01. The van der Waals surface area contributed by atoms with E-state index in [9.17, 15) is 19.5 Å². The Kier molecular flexibility index (Phi) is 10.6. The molecule has 3 unspecified atom stereocenters. The molecule has 1 aliphatic rings. The van der Waals surface area contributed by atoms with Crippen molar-refractivity contribution in [3.8, 4) is 5.75 Å². The molecular weight excluding hydrogens is 458 g/mol. The molecule has 3 N–H and O–H groups in total. The fourth-order valence-electron chi connectivity index (χ4n) is 4.27. The molecule has 0 heterocycles. The summed E-state index contributed by atoms with van der Waals surface area (Å²) >= 11 is 0. The van der Waals surface area contributed by atoms with Crippen LogP contribution in [-0.4, -0.2) is 52.1 Å². The van der Waals surface area contributed by atoms with Crippen LogP contribution in [0.25, 0.3) is 0 Å². The maximum Gasteiger partial charge on any atom is 0.408 e. The summed E-state index contributed by atoms with van der Waals surface area (Å²) < 4.78 is 5.45. The van der Waals surface area contributed by atoms with Gasteiger partial charge in [0.2, 0.25) is 11.8 Å². The minimum absolute atomic E-state index is 0.00505. The summed E-state index contributed by atoms with van der Waals surface area (Å²) in [5.74, 6) is -0.853. The molecule has 0 spiro atoms. The highest BCUT2D eigenvalue weighted by atomic mass is 16.6. The normalized spacial score (nSPS) is 16.3. The molecule has 3 amide bonds. The van der Waals surface area contributed by atoms with E-state index in [1.165, 1.54) is 0 Å². The van der Waals surface area contributed by atoms with Crippen molar-refractivity contribution in [3.05, 3.63) is 29.3 Å². The second-order valence-corrected chi connectivity index (χ2v) is 10.9. The smallest absolute Gasteiger partial charge is 0.408 e. The zero-order chi connectivity index (χ0) is 27.0. The predicted octanol–water partition coefficient (Wildman–Crippen LogP) is 4.98. The molecule has 0 saturated heterocycles. The Morgan fingerprint density at radius 1 is 1.19 bits per heavy atom. The van der Waals surface area contributed by atoms with Crippen LogP contribution in [0.1, 0.15) is 97.2 Å². The Morgan fingerprint density at radius 3 is 2.39 bits per heavy atom. The number of aryl methyl sites for hydroxylation is 1. The summed E-state index contributed by atoms with van der Waals surface area (Å²) in [6, 6.07) is 3.21. The van der Waals surface area contributed by atoms with Gasteiger partial charge < -0.3 is 25.4 Å². The molecular formula is C28H45N3O5. The number of phenols is 1. The summed E-state index contributed by atoms with van der Waals surface area (Å²) in [6.07, 6.45) is 4.18. The molecule has 3 atom stereocenters. The third kappa shape index (κ3) is 7.61. The van der Waals surface area contributed by atoms with Crippen molar-refractivity contribution in [1.29, 1.82) is 0 Å². The average molecular weight is 504 g/mol. The molecule has 0 aromatic heterocycles. The summed E-state index contributed by atoms with van der Waals surface area (Å²) in [5, 5.41) is 16.7. The van der Waals surface area contributed by atoms with Gasteiger partial charge >= 0.3 is 6.09 Å². The summed E-state index contributed by atoms with van der Waals surface area (Å²) in [7, 11) is 0. The maximum absolute atomic E-state index is 14.2. The number of hydrogen-bond acceptors (Lipinski definition) is 5. The van der Waals surface area contributed by atoms with Crippen LogP contribution in [0, 0.1) is 12.8 Å². The van der Waals surface area contributed by atoms with Crippen molar-refractivity contribution in [1.82, 2.24) is 15.5 Å². The third-order valence-corrected chi connectivity index (χ3v) is 6.79. The predicted molar refractivity (Wildman–Crippen MR) is 141 cm³/mol. The van der Waals surface area contributed by atoms with Crippen LogP contribution >= 0.6 is 0 Å². The third-order valence-electron chi connectivity index (χ3n) is 6.79. The zero-order valence-corrected chi connectivity index (χ0v) is 23.0. The van der Waals surface area contributed by atoms with Gasteiger partial charge in [0, 0.05) is 18.2 Å². The van der Waals surface area contributed by atoms with Crippen LogP contribution in [0.4, 0.5) is 4.79 Å². The van der Waals surface area contributed by atoms with Gasteiger partial charge in [-0.2, -0.15) is 0 Å². The quantitative estimate of drug-likeness (QED) is 0.369. The van der Waals surface area contributed by atoms with Gasteiger partial charge in [-0.05, 0) is 64.9 Å². The highest BCUT2D eigenvalue weighted by Crippen LogP contribution is 2.38. The number of aromatic hydroxyl groups is 1. The molecule has 2 rings (SSSR count). The molecule has 1 fully saturated rings. The van der Waals surface area contributed by atoms with Gasteiger partial charge in [0.05, 0.1) is 0 Å². The fraction of sp³-hybridized carbons (Fsp3) is 0.679. The lowest BCUT2D eigenvalue weighted by Gasteiger charge is -2.44. The van der Waals surface area contributed by atoms with E-state index in [1.54, 1.807) is 50.8 Å². The molecule has 8 heteroatoms. The van der Waals surface area contributed by atoms with Crippen LogP contribution < -0.4 is 10.6 Å². The highest BCUT2D eigenvalue weighted by Gasteiger charge is 2.43. The van der Waals surface area contributed by atoms with Crippen LogP contribution in [0.15, 0.2) is 18.2 Å². The molecule has 36 heavy (non-hydrogen) atoms. The highest BCUT2D eigenvalue weighted by molar-refractivity contribution is 5.93. The van der Waals surface area contributed by atoms with Gasteiger partial charge in [-0.1, -0.05) is 51.8 Å². The van der Waals surface area contributed by atoms with Crippen LogP contribution in [-0.2, 0) is 14.3 Å². The van der Waals surface area contributed by atoms with E-state index in [1.807, 2.05) is 20.8 Å². The van der Waals surface area contributed by atoms with Crippen LogP contribution in [0.3, 0.4) is 0 Å². The number of hydrogen-bond donors (Lipinski definition) is 3. The van der Waals surface area contributed by atoms with Crippen molar-refractivity contribution in [2.75, 3.05) is 6.54 Å². The number of amides is 3. The molecule has 1 aromatic rings. The van der Waals surface area contributed by atoms with Crippen molar-refractivity contribution in [3.63, 3.8) is 0 Å². The van der Waals surface area contributed by atoms with E-state index in [-0.39, 0.29) is 29.5 Å². The van der Waals surface area contributed by atoms with Gasteiger partial charge in [0.1, 0.15) is 23.4 Å². The standard InChI is InChI=1S/C28H45N3O5/c1-8-10-17-29-25(33)23(21-16-11-13-19(4)24(21)32)31(20-14-12-15-20)26(34)22(18(3)9-2)30-27(35)36-28(5,6)7/h11,13,16,18,20,22-23,32H,8-10,12,14-15,17H2,1-7H3,(H,29,33)(H,30,35). The first-order chi connectivity index (χ1) is 16.9. The van der Waals surface area contributed by atoms with Crippen molar-refractivity contribution in [2.45, 2.75) is 111 Å². The largest absolute Gasteiger partial charge is 0.507 e. The number of carbonyl (C=O) groups is 3. The average Bonchev–Trinajstić information content (AvgIpc) is 2.76. The van der Waals surface area contributed by atoms with Crippen LogP contribution in [0.5, 0.6) is 5.75 Å². The number of unbranched alkanes of at least 4 members (excludes halogenated alkanes) is 1. The lowest BCUT2D eigenvalue weighted by Crippen LogP contribution is -2.59. The maximum atomic E-state index is 14.2. The topological polar surface area (TPSA) is 108 Å². The molecule has 202 valence electrons. The van der Waals surface area contributed by atoms with Crippen LogP contribution in [0.2, 0.25) is 0 Å². The van der Waals surface area contributed by atoms with E-state index < -0.39 is 23.8 Å². The Balaban J connectivity index is 2.53. The monoisotopic (exact) mass is 503 g/mol. The van der Waals surface area contributed by atoms with E-state index in [2.05, 4.69) is 10.6 Å². The van der Waals surface area contributed by atoms with E-state index >= 15 is 0 Å². The number of carbonyl (C=O) groups excluding carboxylic acids is 3. The second-order valence-electron chi connectivity index (χ2n) is 10.9.